The lowest BCUT2D eigenvalue weighted by molar-refractivity contribution is 0.0987. The predicted octanol–water partition coefficient (Wildman–Crippen LogP) is 3.02. The number of ether oxygens (including phenoxy) is 1. The maximum atomic E-state index is 12.3. The number of amides is 1. The second-order valence-corrected chi connectivity index (χ2v) is 5.55. The van der Waals surface area contributed by atoms with Gasteiger partial charge in [-0.15, -0.1) is 0 Å². The third kappa shape index (κ3) is 3.49. The van der Waals surface area contributed by atoms with Gasteiger partial charge in [-0.25, -0.2) is 9.67 Å². The van der Waals surface area contributed by atoms with Gasteiger partial charge in [-0.2, -0.15) is 5.10 Å². The highest BCUT2D eigenvalue weighted by molar-refractivity contribution is 9.10. The minimum atomic E-state index is -0.368. The third-order valence-electron chi connectivity index (χ3n) is 2.98. The first-order valence-electron chi connectivity index (χ1n) is 6.72. The van der Waals surface area contributed by atoms with Crippen LogP contribution in [0.5, 0.6) is 0 Å². The van der Waals surface area contributed by atoms with Crippen molar-refractivity contribution in [3.63, 3.8) is 0 Å². The Labute approximate surface area is 140 Å². The van der Waals surface area contributed by atoms with Gasteiger partial charge >= 0.3 is 0 Å². The summed E-state index contributed by atoms with van der Waals surface area (Å²) < 4.78 is 12.8. The Balaban J connectivity index is 1.83. The Morgan fingerprint density at radius 2 is 2.30 bits per heavy atom. The first-order valence-corrected chi connectivity index (χ1v) is 7.51. The van der Waals surface area contributed by atoms with Gasteiger partial charge in [0, 0.05) is 19.5 Å². The standard InChI is InChI=1S/C15H13BrN4O3/c1-22-9-11-4-5-13(23-11)15(21)19-12-3-2-6-17-14(12)20-8-10(16)7-18-20/h2-8H,9H2,1H3,(H,19,21). The number of nitrogens with zero attached hydrogens (tertiary/aromatic N) is 3. The van der Waals surface area contributed by atoms with E-state index in [2.05, 4.69) is 31.3 Å². The van der Waals surface area contributed by atoms with Gasteiger partial charge < -0.3 is 14.5 Å². The van der Waals surface area contributed by atoms with Crippen LogP contribution in [0.25, 0.3) is 5.82 Å². The summed E-state index contributed by atoms with van der Waals surface area (Å²) in [6.07, 6.45) is 5.02. The van der Waals surface area contributed by atoms with Crippen molar-refractivity contribution in [3.8, 4) is 5.82 Å². The first kappa shape index (κ1) is 15.4. The van der Waals surface area contributed by atoms with Crippen molar-refractivity contribution in [2.24, 2.45) is 0 Å². The van der Waals surface area contributed by atoms with Crippen LogP contribution >= 0.6 is 15.9 Å². The molecule has 0 aliphatic rings. The van der Waals surface area contributed by atoms with Crippen LogP contribution in [0.2, 0.25) is 0 Å². The molecule has 0 saturated carbocycles. The van der Waals surface area contributed by atoms with Gasteiger partial charge in [0.15, 0.2) is 11.6 Å². The number of pyridine rings is 1. The monoisotopic (exact) mass is 376 g/mol. The molecule has 8 heteroatoms. The number of carbonyl (C=O) groups is 1. The molecule has 0 spiro atoms. The van der Waals surface area contributed by atoms with Gasteiger partial charge in [0.1, 0.15) is 12.4 Å². The summed E-state index contributed by atoms with van der Waals surface area (Å²) in [5.74, 6) is 0.927. The van der Waals surface area contributed by atoms with Gasteiger partial charge in [-0.05, 0) is 40.2 Å². The zero-order valence-corrected chi connectivity index (χ0v) is 13.8. The lowest BCUT2D eigenvalue weighted by atomic mass is 10.3. The molecule has 3 rings (SSSR count). The van der Waals surface area contributed by atoms with E-state index in [-0.39, 0.29) is 11.7 Å². The van der Waals surface area contributed by atoms with Crippen LogP contribution in [0.4, 0.5) is 5.69 Å². The van der Waals surface area contributed by atoms with Gasteiger partial charge in [-0.3, -0.25) is 4.79 Å². The maximum absolute atomic E-state index is 12.3. The van der Waals surface area contributed by atoms with Crippen LogP contribution in [-0.4, -0.2) is 27.8 Å². The summed E-state index contributed by atoms with van der Waals surface area (Å²) in [6, 6.07) is 6.78. The van der Waals surface area contributed by atoms with E-state index in [0.29, 0.717) is 23.9 Å². The van der Waals surface area contributed by atoms with Crippen molar-refractivity contribution in [2.75, 3.05) is 12.4 Å². The normalized spacial score (nSPS) is 10.7. The molecule has 0 unspecified atom stereocenters. The van der Waals surface area contributed by atoms with Gasteiger partial charge in [0.25, 0.3) is 5.91 Å². The first-order chi connectivity index (χ1) is 11.2. The van der Waals surface area contributed by atoms with Crippen LogP contribution in [0.1, 0.15) is 16.3 Å². The quantitative estimate of drug-likeness (QED) is 0.739. The number of furan rings is 1. The van der Waals surface area contributed by atoms with Crippen molar-refractivity contribution in [2.45, 2.75) is 6.61 Å². The van der Waals surface area contributed by atoms with E-state index in [1.165, 1.54) is 0 Å². The fourth-order valence-electron chi connectivity index (χ4n) is 2.00. The molecule has 3 aromatic heterocycles. The molecule has 0 aliphatic heterocycles. The Morgan fingerprint density at radius 3 is 3.04 bits per heavy atom. The molecule has 118 valence electrons. The Bertz CT molecular complexity index is 828. The Kier molecular flexibility index (Phi) is 4.54. The van der Waals surface area contributed by atoms with Crippen molar-refractivity contribution in [1.29, 1.82) is 0 Å². The molecule has 0 fully saturated rings. The van der Waals surface area contributed by atoms with Gasteiger partial charge in [0.2, 0.25) is 0 Å². The maximum Gasteiger partial charge on any atom is 0.291 e. The lowest BCUT2D eigenvalue weighted by Gasteiger charge is -2.08. The van der Waals surface area contributed by atoms with E-state index in [4.69, 9.17) is 9.15 Å². The van der Waals surface area contributed by atoms with Gasteiger partial charge in [0.05, 0.1) is 16.4 Å². The number of anilines is 1. The fraction of sp³-hybridized carbons (Fsp3) is 0.133. The molecule has 7 nitrogen and oxygen atoms in total. The van der Waals surface area contributed by atoms with Crippen molar-refractivity contribution in [3.05, 3.63) is 58.8 Å². The topological polar surface area (TPSA) is 82.2 Å². The number of aromatic nitrogens is 3. The number of carbonyl (C=O) groups excluding carboxylic acids is 1. The third-order valence-corrected chi connectivity index (χ3v) is 3.38. The second-order valence-electron chi connectivity index (χ2n) is 4.63. The second kappa shape index (κ2) is 6.76. The number of methoxy groups -OCH3 is 1. The van der Waals surface area contributed by atoms with E-state index in [9.17, 15) is 4.79 Å². The molecule has 0 saturated heterocycles. The molecule has 1 N–H and O–H groups in total. The fourth-order valence-corrected chi connectivity index (χ4v) is 2.28. The molecule has 23 heavy (non-hydrogen) atoms. The van der Waals surface area contributed by atoms with E-state index in [0.717, 1.165) is 4.47 Å². The molecule has 0 aliphatic carbocycles. The zero-order valence-electron chi connectivity index (χ0n) is 12.2. The highest BCUT2D eigenvalue weighted by atomic mass is 79.9. The highest BCUT2D eigenvalue weighted by Gasteiger charge is 2.15. The molecule has 3 aromatic rings. The average molecular weight is 377 g/mol. The molecule has 0 atom stereocenters. The summed E-state index contributed by atoms with van der Waals surface area (Å²) in [5.41, 5.74) is 0.526. The molecule has 0 radical (unpaired) electrons. The minimum Gasteiger partial charge on any atom is -0.453 e. The minimum absolute atomic E-state index is 0.202. The number of hydrogen-bond acceptors (Lipinski definition) is 5. The number of nitrogens with one attached hydrogen (secondary N) is 1. The van der Waals surface area contributed by atoms with Crippen LogP contribution in [0.15, 0.2) is 51.7 Å². The molecule has 3 heterocycles. The predicted molar refractivity (Wildman–Crippen MR) is 86.4 cm³/mol. The van der Waals surface area contributed by atoms with Crippen molar-refractivity contribution >= 4 is 27.5 Å². The Morgan fingerprint density at radius 1 is 1.43 bits per heavy atom. The largest absolute Gasteiger partial charge is 0.453 e. The van der Waals surface area contributed by atoms with E-state index in [1.807, 2.05) is 0 Å². The number of halogens is 1. The number of rotatable bonds is 5. The van der Waals surface area contributed by atoms with Gasteiger partial charge in [-0.1, -0.05) is 0 Å². The summed E-state index contributed by atoms with van der Waals surface area (Å²) in [7, 11) is 1.56. The van der Waals surface area contributed by atoms with Crippen LogP contribution in [-0.2, 0) is 11.3 Å². The SMILES string of the molecule is COCc1ccc(C(=O)Nc2cccnc2-n2cc(Br)cn2)o1. The summed E-state index contributed by atoms with van der Waals surface area (Å²) in [4.78, 5) is 16.6. The van der Waals surface area contributed by atoms with Crippen LogP contribution in [0, 0.1) is 0 Å². The van der Waals surface area contributed by atoms with E-state index < -0.39 is 0 Å². The lowest BCUT2D eigenvalue weighted by Crippen LogP contribution is -2.14. The molecular weight excluding hydrogens is 364 g/mol. The van der Waals surface area contributed by atoms with E-state index in [1.54, 1.807) is 54.6 Å². The van der Waals surface area contributed by atoms with Crippen LogP contribution < -0.4 is 5.32 Å². The summed E-state index contributed by atoms with van der Waals surface area (Å²) >= 11 is 3.33. The van der Waals surface area contributed by atoms with Crippen LogP contribution in [0.3, 0.4) is 0 Å². The zero-order chi connectivity index (χ0) is 16.2. The van der Waals surface area contributed by atoms with E-state index >= 15 is 0 Å². The molecule has 1 amide bonds. The molecular formula is C15H13BrN4O3. The number of hydrogen-bond donors (Lipinski definition) is 1. The Hall–Kier alpha value is -2.45. The highest BCUT2D eigenvalue weighted by Crippen LogP contribution is 2.20. The summed E-state index contributed by atoms with van der Waals surface area (Å²) in [6.45, 7) is 0.312. The van der Waals surface area contributed by atoms with Crippen molar-refractivity contribution < 1.29 is 13.9 Å². The molecule has 0 aromatic carbocycles. The molecule has 0 bridgehead atoms. The average Bonchev–Trinajstić information content (AvgIpc) is 3.17. The van der Waals surface area contributed by atoms with Crippen molar-refractivity contribution in [1.82, 2.24) is 14.8 Å². The summed E-state index contributed by atoms with van der Waals surface area (Å²) in [5, 5.41) is 6.95. The smallest absolute Gasteiger partial charge is 0.291 e.